The summed E-state index contributed by atoms with van der Waals surface area (Å²) in [5, 5.41) is 15.1. The number of amides is 4. The highest BCUT2D eigenvalue weighted by Gasteiger charge is 2.43. The van der Waals surface area contributed by atoms with E-state index in [1.165, 1.54) is 4.90 Å². The minimum Gasteiger partial charge on any atom is -0.483 e. The first kappa shape index (κ1) is 34.0. The summed E-state index contributed by atoms with van der Waals surface area (Å²) in [7, 11) is 0. The van der Waals surface area contributed by atoms with Crippen LogP contribution in [0.1, 0.15) is 74.4 Å². The molecular formula is C36H32ClN7O6S. The molecule has 1 saturated heterocycles. The highest BCUT2D eigenvalue weighted by atomic mass is 35.5. The van der Waals surface area contributed by atoms with Crippen molar-refractivity contribution in [1.29, 1.82) is 0 Å². The summed E-state index contributed by atoms with van der Waals surface area (Å²) in [6.45, 7) is 9.19. The molecule has 0 aliphatic carbocycles. The molecule has 4 amide bonds. The van der Waals surface area contributed by atoms with Crippen molar-refractivity contribution in [2.24, 2.45) is 4.99 Å². The second-order valence-corrected chi connectivity index (χ2v) is 14.1. The number of aromatic nitrogens is 3. The molecular weight excluding hydrogens is 694 g/mol. The van der Waals surface area contributed by atoms with Crippen LogP contribution in [0, 0.1) is 20.8 Å². The maximum atomic E-state index is 13.5. The van der Waals surface area contributed by atoms with E-state index >= 15 is 0 Å². The Hall–Kier alpha value is -5.47. The molecule has 2 aromatic carbocycles. The van der Waals surface area contributed by atoms with E-state index in [4.69, 9.17) is 21.3 Å². The molecule has 5 heterocycles. The van der Waals surface area contributed by atoms with Gasteiger partial charge in [-0.05, 0) is 51.0 Å². The average molecular weight is 726 g/mol. The van der Waals surface area contributed by atoms with Crippen LogP contribution < -0.4 is 15.4 Å². The average Bonchev–Trinajstić information content (AvgIpc) is 3.68. The number of thiophene rings is 1. The van der Waals surface area contributed by atoms with Gasteiger partial charge in [0.2, 0.25) is 11.8 Å². The van der Waals surface area contributed by atoms with Crippen LogP contribution >= 0.6 is 22.9 Å². The number of rotatable bonds is 9. The maximum absolute atomic E-state index is 13.5. The molecule has 0 spiro atoms. The Labute approximate surface area is 301 Å². The number of halogens is 1. The topological polar surface area (TPSA) is 165 Å². The van der Waals surface area contributed by atoms with Crippen molar-refractivity contribution < 1.29 is 28.7 Å². The number of hydrogen-bond donors (Lipinski definition) is 2. The summed E-state index contributed by atoms with van der Waals surface area (Å²) in [6.07, 6.45) is 0.205. The highest BCUT2D eigenvalue weighted by Crippen LogP contribution is 2.41. The van der Waals surface area contributed by atoms with Gasteiger partial charge < -0.3 is 10.1 Å². The molecule has 13 nitrogen and oxygen atoms in total. The number of hydrogen-bond acceptors (Lipinski definition) is 10. The molecule has 0 radical (unpaired) electrons. The van der Waals surface area contributed by atoms with Crippen LogP contribution in [-0.4, -0.2) is 74.0 Å². The lowest BCUT2D eigenvalue weighted by Crippen LogP contribution is -2.52. The van der Waals surface area contributed by atoms with Gasteiger partial charge in [-0.15, -0.1) is 21.5 Å². The predicted molar refractivity (Wildman–Crippen MR) is 189 cm³/mol. The lowest BCUT2D eigenvalue weighted by molar-refractivity contribution is -0.136. The van der Waals surface area contributed by atoms with Crippen LogP contribution in [0.4, 0.5) is 0 Å². The van der Waals surface area contributed by atoms with Gasteiger partial charge in [0.05, 0.1) is 17.8 Å². The van der Waals surface area contributed by atoms with Crippen molar-refractivity contribution in [2.45, 2.75) is 52.1 Å². The first-order valence-electron chi connectivity index (χ1n) is 16.2. The summed E-state index contributed by atoms with van der Waals surface area (Å²) >= 11 is 7.81. The number of ether oxygens (including phenoxy) is 1. The van der Waals surface area contributed by atoms with Gasteiger partial charge in [-0.3, -0.25) is 43.7 Å². The molecule has 7 rings (SSSR count). The number of carbonyl (C=O) groups excluding carboxylic acids is 5. The second-order valence-electron chi connectivity index (χ2n) is 12.5. The van der Waals surface area contributed by atoms with E-state index in [1.54, 1.807) is 41.7 Å². The smallest absolute Gasteiger partial charge is 0.263 e. The first-order chi connectivity index (χ1) is 24.4. The standard InChI is InChI=1S/C36H32ClN7O6S/c1-17-19(3)51-36-30(17)32(21-8-10-22(37)11-9-21)39-25(33-42-41-20(4)44(33)36)14-23(45)15-38-29(47)16-50-27-7-5-6-24-18(2)43(35(49)31(24)27)26-12-13-28(46)40-34(26)48/h5-11,25-26H,2,12-16H2,1,3-4H3,(H,38,47)(H,40,46,48)/t25-,26?/m0/s1. The minimum atomic E-state index is -0.893. The Bertz CT molecular complexity index is 2200. The summed E-state index contributed by atoms with van der Waals surface area (Å²) in [5.74, 6) is -1.03. The zero-order valence-electron chi connectivity index (χ0n) is 27.9. The Morgan fingerprint density at radius 3 is 2.59 bits per heavy atom. The number of carbonyl (C=O) groups is 5. The monoisotopic (exact) mass is 725 g/mol. The molecule has 1 unspecified atom stereocenters. The number of ketones is 1. The maximum Gasteiger partial charge on any atom is 0.263 e. The van der Waals surface area contributed by atoms with Crippen LogP contribution in [0.2, 0.25) is 5.02 Å². The number of imide groups is 1. The third kappa shape index (κ3) is 6.14. The van der Waals surface area contributed by atoms with Crippen molar-refractivity contribution in [1.82, 2.24) is 30.3 Å². The number of nitrogens with zero attached hydrogens (tertiary/aromatic N) is 5. The van der Waals surface area contributed by atoms with Gasteiger partial charge in [-0.2, -0.15) is 0 Å². The van der Waals surface area contributed by atoms with Gasteiger partial charge in [0.25, 0.3) is 11.8 Å². The van der Waals surface area contributed by atoms with Gasteiger partial charge in [0, 0.05) is 45.1 Å². The second kappa shape index (κ2) is 13.3. The fraction of sp³-hybridized carbons (Fsp3) is 0.278. The predicted octanol–water partition coefficient (Wildman–Crippen LogP) is 4.19. The molecule has 4 aromatic rings. The lowest BCUT2D eigenvalue weighted by atomic mass is 9.99. The SMILES string of the molecule is C=C1c2cccc(OCC(=O)NCC(=O)C[C@@H]3N=C(c4ccc(Cl)cc4)c4c(sc(C)c4C)-n4c(C)nnc43)c2C(=O)N1C1CCC(=O)NC1=O. The van der Waals surface area contributed by atoms with Crippen LogP contribution in [0.15, 0.2) is 54.0 Å². The Morgan fingerprint density at radius 1 is 1.08 bits per heavy atom. The molecule has 51 heavy (non-hydrogen) atoms. The fourth-order valence-corrected chi connectivity index (χ4v) is 7.90. The van der Waals surface area contributed by atoms with Crippen LogP contribution in [-0.2, 0) is 19.2 Å². The van der Waals surface area contributed by atoms with Crippen molar-refractivity contribution in [3.63, 3.8) is 0 Å². The molecule has 3 aliphatic rings. The molecule has 2 aromatic heterocycles. The van der Waals surface area contributed by atoms with Crippen molar-refractivity contribution >= 4 is 63.8 Å². The molecule has 0 bridgehead atoms. The largest absolute Gasteiger partial charge is 0.483 e. The van der Waals surface area contributed by atoms with E-state index in [-0.39, 0.29) is 42.9 Å². The normalized spacial score (nSPS) is 18.0. The van der Waals surface area contributed by atoms with Crippen LogP contribution in [0.5, 0.6) is 5.75 Å². The van der Waals surface area contributed by atoms with E-state index < -0.39 is 42.3 Å². The number of nitrogens with one attached hydrogen (secondary N) is 2. The summed E-state index contributed by atoms with van der Waals surface area (Å²) < 4.78 is 7.71. The lowest BCUT2D eigenvalue weighted by Gasteiger charge is -2.30. The summed E-state index contributed by atoms with van der Waals surface area (Å²) in [6, 6.07) is 10.7. The van der Waals surface area contributed by atoms with Crippen molar-refractivity contribution in [3.05, 3.63) is 98.4 Å². The van der Waals surface area contributed by atoms with Gasteiger partial charge in [-0.1, -0.05) is 42.4 Å². The highest BCUT2D eigenvalue weighted by molar-refractivity contribution is 7.15. The molecule has 2 N–H and O–H groups in total. The molecule has 260 valence electrons. The summed E-state index contributed by atoms with van der Waals surface area (Å²) in [4.78, 5) is 71.4. The zero-order valence-corrected chi connectivity index (χ0v) is 29.5. The van der Waals surface area contributed by atoms with Crippen molar-refractivity contribution in [2.75, 3.05) is 13.2 Å². The fourth-order valence-electron chi connectivity index (χ4n) is 6.56. The number of aliphatic imine (C=N–C) groups is 1. The van der Waals surface area contributed by atoms with Crippen molar-refractivity contribution in [3.8, 4) is 10.8 Å². The number of piperidine rings is 1. The Balaban J connectivity index is 1.04. The molecule has 2 atom stereocenters. The zero-order chi connectivity index (χ0) is 36.1. The molecule has 15 heteroatoms. The molecule has 3 aliphatic heterocycles. The van der Waals surface area contributed by atoms with E-state index in [9.17, 15) is 24.0 Å². The van der Waals surface area contributed by atoms with E-state index in [0.717, 1.165) is 26.6 Å². The van der Waals surface area contributed by atoms with Gasteiger partial charge in [0.1, 0.15) is 28.7 Å². The third-order valence-corrected chi connectivity index (χ3v) is 10.6. The third-order valence-electron chi connectivity index (χ3n) is 9.20. The number of aryl methyl sites for hydroxylation is 2. The number of Topliss-reactive ketones (excluding diaryl/α,β-unsaturated/α-hetero) is 1. The molecule has 1 fully saturated rings. The van der Waals surface area contributed by atoms with E-state index in [0.29, 0.717) is 33.6 Å². The van der Waals surface area contributed by atoms with E-state index in [1.807, 2.05) is 30.5 Å². The number of benzene rings is 2. The molecule has 0 saturated carbocycles. The minimum absolute atomic E-state index is 0.0533. The Kier molecular flexibility index (Phi) is 8.89. The van der Waals surface area contributed by atoms with Crippen LogP contribution in [0.25, 0.3) is 10.7 Å². The first-order valence-corrected chi connectivity index (χ1v) is 17.4. The Morgan fingerprint density at radius 2 is 1.84 bits per heavy atom. The van der Waals surface area contributed by atoms with Gasteiger partial charge in [0.15, 0.2) is 18.2 Å². The van der Waals surface area contributed by atoms with Gasteiger partial charge >= 0.3 is 0 Å². The van der Waals surface area contributed by atoms with E-state index in [2.05, 4.69) is 34.3 Å². The quantitative estimate of drug-likeness (QED) is 0.243. The van der Waals surface area contributed by atoms with Gasteiger partial charge in [-0.25, -0.2) is 0 Å². The van der Waals surface area contributed by atoms with Crippen LogP contribution in [0.3, 0.4) is 0 Å². The summed E-state index contributed by atoms with van der Waals surface area (Å²) in [5.41, 5.74) is 4.50. The number of fused-ring (bicyclic) bond motifs is 4.